The highest BCUT2D eigenvalue weighted by Crippen LogP contribution is 2.36. The summed E-state index contributed by atoms with van der Waals surface area (Å²) in [5.74, 6) is 0.158. The summed E-state index contributed by atoms with van der Waals surface area (Å²) >= 11 is 6.12. The second-order valence-corrected chi connectivity index (χ2v) is 4.33. The van der Waals surface area contributed by atoms with Crippen LogP contribution in [0.25, 0.3) is 0 Å². The summed E-state index contributed by atoms with van der Waals surface area (Å²) in [5, 5.41) is 3.65. The van der Waals surface area contributed by atoms with Crippen molar-refractivity contribution >= 4 is 17.5 Å². The molecule has 2 aliphatic rings. The molecule has 80 valence electrons. The number of hydrogen-bond donors (Lipinski definition) is 1. The minimum absolute atomic E-state index is 0.0538. The number of rotatable bonds is 1. The molecule has 1 N–H and O–H groups in total. The largest absolute Gasteiger partial charge is 0.379 e. The smallest absolute Gasteiger partial charge is 0.221 e. The number of allylic oxidation sites excluding steroid dienone is 3. The zero-order chi connectivity index (χ0) is 11.0. The highest BCUT2D eigenvalue weighted by atomic mass is 35.5. The molecular formula is C11H13ClN2O. The van der Waals surface area contributed by atoms with Crippen LogP contribution in [-0.2, 0) is 4.79 Å². The quantitative estimate of drug-likeness (QED) is 0.734. The summed E-state index contributed by atoms with van der Waals surface area (Å²) in [6.07, 6.45) is 5.74. The molecule has 0 spiro atoms. The summed E-state index contributed by atoms with van der Waals surface area (Å²) < 4.78 is 0. The third kappa shape index (κ3) is 1.92. The van der Waals surface area contributed by atoms with Crippen LogP contribution in [0.3, 0.4) is 0 Å². The highest BCUT2D eigenvalue weighted by molar-refractivity contribution is 6.30. The molecule has 1 atom stereocenters. The van der Waals surface area contributed by atoms with Gasteiger partial charge in [0.15, 0.2) is 0 Å². The number of nitrogens with zero attached hydrogens (tertiary/aromatic N) is 1. The zero-order valence-electron chi connectivity index (χ0n) is 8.75. The molecular weight excluding hydrogens is 212 g/mol. The van der Waals surface area contributed by atoms with E-state index in [1.807, 2.05) is 25.4 Å². The average Bonchev–Trinajstić information content (AvgIpc) is 2.52. The topological polar surface area (TPSA) is 32.3 Å². The summed E-state index contributed by atoms with van der Waals surface area (Å²) in [7, 11) is 2.00. The van der Waals surface area contributed by atoms with Gasteiger partial charge in [0.1, 0.15) is 0 Å². The molecule has 1 unspecified atom stereocenters. The van der Waals surface area contributed by atoms with Gasteiger partial charge in [-0.15, -0.1) is 0 Å². The number of amides is 1. The normalized spacial score (nSPS) is 24.1. The average molecular weight is 225 g/mol. The second kappa shape index (κ2) is 3.74. The van der Waals surface area contributed by atoms with Crippen LogP contribution >= 0.6 is 11.6 Å². The molecule has 0 bridgehead atoms. The van der Waals surface area contributed by atoms with Crippen molar-refractivity contribution in [1.82, 2.24) is 10.2 Å². The molecule has 4 heteroatoms. The van der Waals surface area contributed by atoms with Crippen LogP contribution < -0.4 is 5.32 Å². The lowest BCUT2D eigenvalue weighted by molar-refractivity contribution is -0.118. The molecule has 0 aromatic rings. The van der Waals surface area contributed by atoms with Crippen LogP contribution in [0.4, 0.5) is 0 Å². The second-order valence-electron chi connectivity index (χ2n) is 3.89. The van der Waals surface area contributed by atoms with E-state index in [0.29, 0.717) is 0 Å². The van der Waals surface area contributed by atoms with Gasteiger partial charge in [-0.2, -0.15) is 0 Å². The molecule has 1 aliphatic heterocycles. The predicted molar refractivity (Wildman–Crippen MR) is 60.0 cm³/mol. The van der Waals surface area contributed by atoms with E-state index >= 15 is 0 Å². The van der Waals surface area contributed by atoms with E-state index < -0.39 is 0 Å². The van der Waals surface area contributed by atoms with E-state index in [9.17, 15) is 4.79 Å². The SMILES string of the molecule is CC(=O)NC1=CC=C(Cl)C2CN(C)C=C12. The lowest BCUT2D eigenvalue weighted by Gasteiger charge is -2.20. The maximum absolute atomic E-state index is 11.0. The highest BCUT2D eigenvalue weighted by Gasteiger charge is 2.29. The number of halogens is 1. The van der Waals surface area contributed by atoms with Crippen LogP contribution in [0.1, 0.15) is 6.92 Å². The van der Waals surface area contributed by atoms with Crippen molar-refractivity contribution in [1.29, 1.82) is 0 Å². The Kier molecular flexibility index (Phi) is 2.57. The van der Waals surface area contributed by atoms with Crippen molar-refractivity contribution in [2.24, 2.45) is 5.92 Å². The molecule has 0 fully saturated rings. The number of carbonyl (C=O) groups excluding carboxylic acids is 1. The van der Waals surface area contributed by atoms with Gasteiger partial charge < -0.3 is 10.2 Å². The minimum Gasteiger partial charge on any atom is -0.379 e. The summed E-state index contributed by atoms with van der Waals surface area (Å²) in [6, 6.07) is 0. The Bertz CT molecular complexity index is 395. The summed E-state index contributed by atoms with van der Waals surface area (Å²) in [6.45, 7) is 2.39. The zero-order valence-corrected chi connectivity index (χ0v) is 9.51. The van der Waals surface area contributed by atoms with E-state index in [1.165, 1.54) is 6.92 Å². The molecule has 0 aromatic carbocycles. The van der Waals surface area contributed by atoms with Crippen molar-refractivity contribution in [3.63, 3.8) is 0 Å². The molecule has 3 nitrogen and oxygen atoms in total. The van der Waals surface area contributed by atoms with Gasteiger partial charge in [-0.1, -0.05) is 11.6 Å². The number of nitrogens with one attached hydrogen (secondary N) is 1. The first-order valence-corrected chi connectivity index (χ1v) is 5.23. The number of hydrogen-bond acceptors (Lipinski definition) is 2. The Balaban J connectivity index is 2.31. The van der Waals surface area contributed by atoms with Crippen molar-refractivity contribution in [3.8, 4) is 0 Å². The van der Waals surface area contributed by atoms with Crippen LogP contribution in [0, 0.1) is 5.92 Å². The monoisotopic (exact) mass is 224 g/mol. The Morgan fingerprint density at radius 2 is 2.33 bits per heavy atom. The molecule has 2 rings (SSSR count). The third-order valence-corrected chi connectivity index (χ3v) is 2.96. The Morgan fingerprint density at radius 3 is 3.00 bits per heavy atom. The van der Waals surface area contributed by atoms with Crippen molar-refractivity contribution < 1.29 is 4.79 Å². The van der Waals surface area contributed by atoms with Gasteiger partial charge in [-0.25, -0.2) is 0 Å². The lowest BCUT2D eigenvalue weighted by atomic mass is 9.94. The maximum atomic E-state index is 11.0. The van der Waals surface area contributed by atoms with Crippen molar-refractivity contribution in [2.45, 2.75) is 6.92 Å². The summed E-state index contributed by atoms with van der Waals surface area (Å²) in [4.78, 5) is 13.1. The first-order chi connectivity index (χ1) is 7.08. The Morgan fingerprint density at radius 1 is 1.60 bits per heavy atom. The fourth-order valence-corrected chi connectivity index (χ4v) is 2.19. The van der Waals surface area contributed by atoms with Crippen LogP contribution in [0.5, 0.6) is 0 Å². The fraction of sp³-hybridized carbons (Fsp3) is 0.364. The van der Waals surface area contributed by atoms with Crippen molar-refractivity contribution in [3.05, 3.63) is 34.7 Å². The molecule has 15 heavy (non-hydrogen) atoms. The van der Waals surface area contributed by atoms with Crippen LogP contribution in [0.15, 0.2) is 34.7 Å². The van der Waals surface area contributed by atoms with E-state index in [1.54, 1.807) is 0 Å². The van der Waals surface area contributed by atoms with Gasteiger partial charge >= 0.3 is 0 Å². The number of carbonyl (C=O) groups is 1. The Labute approximate surface area is 94.1 Å². The van der Waals surface area contributed by atoms with Crippen LogP contribution in [-0.4, -0.2) is 24.4 Å². The van der Waals surface area contributed by atoms with Crippen molar-refractivity contribution in [2.75, 3.05) is 13.6 Å². The molecule has 0 aromatic heterocycles. The van der Waals surface area contributed by atoms with Gasteiger partial charge in [0.05, 0.1) is 0 Å². The standard InChI is InChI=1S/C11H13ClN2O/c1-7(15)13-11-4-3-10(12)8-5-14(2)6-9(8)11/h3-4,6,8H,5H2,1-2H3,(H,13,15). The number of fused-ring (bicyclic) bond motifs is 1. The molecule has 0 saturated carbocycles. The van der Waals surface area contributed by atoms with E-state index in [2.05, 4.69) is 10.2 Å². The van der Waals surface area contributed by atoms with Gasteiger partial charge in [-0.05, 0) is 12.2 Å². The van der Waals surface area contributed by atoms with Gasteiger partial charge in [0, 0.05) is 48.9 Å². The first-order valence-electron chi connectivity index (χ1n) is 4.85. The fourth-order valence-electron chi connectivity index (χ4n) is 1.94. The van der Waals surface area contributed by atoms with E-state index in [4.69, 9.17) is 11.6 Å². The maximum Gasteiger partial charge on any atom is 0.221 e. The van der Waals surface area contributed by atoms with Gasteiger partial charge in [0.25, 0.3) is 0 Å². The molecule has 1 aliphatic carbocycles. The van der Waals surface area contributed by atoms with Crippen LogP contribution in [0.2, 0.25) is 0 Å². The minimum atomic E-state index is -0.0538. The van der Waals surface area contributed by atoms with E-state index in [0.717, 1.165) is 22.8 Å². The first kappa shape index (κ1) is 10.3. The Hall–Kier alpha value is -1.22. The molecule has 0 radical (unpaired) electrons. The third-order valence-electron chi connectivity index (χ3n) is 2.57. The van der Waals surface area contributed by atoms with Gasteiger partial charge in [-0.3, -0.25) is 4.79 Å². The molecule has 1 amide bonds. The molecule has 1 heterocycles. The van der Waals surface area contributed by atoms with E-state index in [-0.39, 0.29) is 11.8 Å². The molecule has 0 saturated heterocycles. The van der Waals surface area contributed by atoms with Gasteiger partial charge in [0.2, 0.25) is 5.91 Å². The lowest BCUT2D eigenvalue weighted by Crippen LogP contribution is -2.24. The summed E-state index contributed by atoms with van der Waals surface area (Å²) in [5.41, 5.74) is 1.96. The predicted octanol–water partition coefficient (Wildman–Crippen LogP) is 1.59.